The van der Waals surface area contributed by atoms with Gasteiger partial charge in [-0.3, -0.25) is 0 Å². The summed E-state index contributed by atoms with van der Waals surface area (Å²) in [5.41, 5.74) is 2.60. The minimum absolute atomic E-state index is 0.890. The van der Waals surface area contributed by atoms with E-state index in [0.717, 1.165) is 44.0 Å². The first-order chi connectivity index (χ1) is 8.16. The first-order valence-electron chi connectivity index (χ1n) is 6.42. The van der Waals surface area contributed by atoms with Crippen molar-refractivity contribution < 1.29 is 0 Å². The molecule has 0 atom stereocenters. The van der Waals surface area contributed by atoms with E-state index in [4.69, 9.17) is 0 Å². The third-order valence-electron chi connectivity index (χ3n) is 3.12. The van der Waals surface area contributed by atoms with Gasteiger partial charge in [0.05, 0.1) is 0 Å². The average Bonchev–Trinajstić information content (AvgIpc) is 2.71. The Balaban J connectivity index is 1.96. The van der Waals surface area contributed by atoms with Gasteiger partial charge < -0.3 is 10.2 Å². The van der Waals surface area contributed by atoms with E-state index in [9.17, 15) is 0 Å². The number of aryl methyl sites for hydroxylation is 2. The monoisotopic (exact) mass is 234 g/mol. The highest BCUT2D eigenvalue weighted by Gasteiger charge is 2.17. The van der Waals surface area contributed by atoms with Gasteiger partial charge in [-0.1, -0.05) is 0 Å². The Morgan fingerprint density at radius 2 is 2.06 bits per heavy atom. The predicted octanol–water partition coefficient (Wildman–Crippen LogP) is 1.64. The first-order valence-corrected chi connectivity index (χ1v) is 6.42. The fraction of sp³-hybridized carbons (Fsp3) is 0.692. The van der Waals surface area contributed by atoms with Crippen LogP contribution in [0.25, 0.3) is 0 Å². The Hall–Kier alpha value is -1.16. The number of rotatable bonds is 5. The van der Waals surface area contributed by atoms with E-state index in [1.807, 2.05) is 6.92 Å². The summed E-state index contributed by atoms with van der Waals surface area (Å²) < 4.78 is 0. The third kappa shape index (κ3) is 3.16. The largest absolute Gasteiger partial charge is 0.370 e. The lowest BCUT2D eigenvalue weighted by atomic mass is 10.2. The zero-order valence-electron chi connectivity index (χ0n) is 11.1. The minimum atomic E-state index is 0.890. The number of aromatic nitrogens is 2. The van der Waals surface area contributed by atoms with Gasteiger partial charge in [-0.15, -0.1) is 0 Å². The second-order valence-corrected chi connectivity index (χ2v) is 4.98. The molecule has 0 saturated heterocycles. The molecule has 1 aliphatic carbocycles. The number of nitrogens with zero attached hydrogens (tertiary/aromatic N) is 3. The van der Waals surface area contributed by atoms with Crippen molar-refractivity contribution in [3.05, 3.63) is 17.1 Å². The zero-order valence-corrected chi connectivity index (χ0v) is 11.1. The maximum atomic E-state index is 4.53. The van der Waals surface area contributed by atoms with E-state index in [2.05, 4.69) is 34.3 Å². The lowest BCUT2D eigenvalue weighted by Crippen LogP contribution is -2.17. The molecule has 1 aliphatic rings. The highest BCUT2D eigenvalue weighted by Crippen LogP contribution is 2.25. The summed E-state index contributed by atoms with van der Waals surface area (Å²) in [4.78, 5) is 11.2. The molecule has 4 nitrogen and oxygen atoms in total. The molecule has 0 amide bonds. The van der Waals surface area contributed by atoms with Gasteiger partial charge in [0.1, 0.15) is 11.6 Å². The summed E-state index contributed by atoms with van der Waals surface area (Å²) in [5, 5.41) is 3.46. The van der Waals surface area contributed by atoms with Gasteiger partial charge in [0, 0.05) is 17.8 Å². The molecule has 0 fully saturated rings. The Morgan fingerprint density at radius 1 is 1.24 bits per heavy atom. The number of fused-ring (bicyclic) bond motifs is 1. The predicted molar refractivity (Wildman–Crippen MR) is 70.5 cm³/mol. The lowest BCUT2D eigenvalue weighted by molar-refractivity contribution is 0.405. The van der Waals surface area contributed by atoms with Crippen LogP contribution < -0.4 is 5.32 Å². The van der Waals surface area contributed by atoms with Crippen molar-refractivity contribution in [2.24, 2.45) is 0 Å². The molecule has 0 aromatic carbocycles. The molecule has 1 N–H and O–H groups in total. The summed E-state index contributed by atoms with van der Waals surface area (Å²) >= 11 is 0. The molecular weight excluding hydrogens is 212 g/mol. The van der Waals surface area contributed by atoms with Crippen molar-refractivity contribution in [3.8, 4) is 0 Å². The lowest BCUT2D eigenvalue weighted by Gasteiger charge is -2.12. The number of anilines is 1. The number of hydrogen-bond acceptors (Lipinski definition) is 4. The molecule has 1 aromatic heterocycles. The normalized spacial score (nSPS) is 14.1. The fourth-order valence-electron chi connectivity index (χ4n) is 2.30. The Bertz CT molecular complexity index is 387. The van der Waals surface area contributed by atoms with E-state index < -0.39 is 0 Å². The summed E-state index contributed by atoms with van der Waals surface area (Å²) in [6.45, 7) is 4.07. The van der Waals surface area contributed by atoms with E-state index in [1.54, 1.807) is 0 Å². The molecule has 1 heterocycles. The van der Waals surface area contributed by atoms with Gasteiger partial charge in [0.15, 0.2) is 0 Å². The van der Waals surface area contributed by atoms with E-state index in [-0.39, 0.29) is 0 Å². The molecule has 0 spiro atoms. The minimum Gasteiger partial charge on any atom is -0.370 e. The van der Waals surface area contributed by atoms with Gasteiger partial charge in [-0.05, 0) is 53.2 Å². The van der Waals surface area contributed by atoms with Crippen molar-refractivity contribution in [1.29, 1.82) is 0 Å². The van der Waals surface area contributed by atoms with E-state index in [1.165, 1.54) is 17.7 Å². The van der Waals surface area contributed by atoms with Crippen molar-refractivity contribution in [3.63, 3.8) is 0 Å². The Kier molecular flexibility index (Phi) is 3.94. The summed E-state index contributed by atoms with van der Waals surface area (Å²) in [7, 11) is 4.21. The van der Waals surface area contributed by atoms with Crippen molar-refractivity contribution in [1.82, 2.24) is 14.9 Å². The van der Waals surface area contributed by atoms with Crippen LogP contribution in [0, 0.1) is 6.92 Å². The molecule has 1 aromatic rings. The van der Waals surface area contributed by atoms with Crippen LogP contribution in [-0.4, -0.2) is 42.1 Å². The SMILES string of the molecule is Cc1nc2c(c(NCCCN(C)C)n1)CCC2. The molecule has 0 unspecified atom stereocenters. The molecule has 94 valence electrons. The standard InChI is InChI=1S/C13H22N4/c1-10-15-12-7-4-6-11(12)13(16-10)14-8-5-9-17(2)3/h4-9H2,1-3H3,(H,14,15,16). The third-order valence-corrected chi connectivity index (χ3v) is 3.12. The summed E-state index contributed by atoms with van der Waals surface area (Å²) in [5.74, 6) is 1.96. The van der Waals surface area contributed by atoms with Crippen LogP contribution in [0.2, 0.25) is 0 Å². The molecule has 4 heteroatoms. The van der Waals surface area contributed by atoms with Crippen molar-refractivity contribution >= 4 is 5.82 Å². The van der Waals surface area contributed by atoms with Gasteiger partial charge >= 0.3 is 0 Å². The van der Waals surface area contributed by atoms with Crippen LogP contribution in [0.1, 0.15) is 29.9 Å². The molecule has 0 aliphatic heterocycles. The van der Waals surface area contributed by atoms with Gasteiger partial charge in [-0.25, -0.2) is 9.97 Å². The van der Waals surface area contributed by atoms with Gasteiger partial charge in [0.25, 0.3) is 0 Å². The highest BCUT2D eigenvalue weighted by molar-refractivity contribution is 5.48. The molecule has 17 heavy (non-hydrogen) atoms. The first kappa shape index (κ1) is 12.3. The quantitative estimate of drug-likeness (QED) is 0.786. The van der Waals surface area contributed by atoms with Crippen LogP contribution in [0.15, 0.2) is 0 Å². The molecule has 0 bridgehead atoms. The molecule has 2 rings (SSSR count). The Labute approximate surface area is 103 Å². The summed E-state index contributed by atoms with van der Waals surface area (Å²) in [6, 6.07) is 0. The zero-order chi connectivity index (χ0) is 12.3. The second kappa shape index (κ2) is 5.45. The van der Waals surface area contributed by atoms with Crippen LogP contribution in [0.4, 0.5) is 5.82 Å². The maximum absolute atomic E-state index is 4.53. The van der Waals surface area contributed by atoms with Crippen LogP contribution in [-0.2, 0) is 12.8 Å². The summed E-state index contributed by atoms with van der Waals surface area (Å²) in [6.07, 6.45) is 4.61. The number of nitrogens with one attached hydrogen (secondary N) is 1. The van der Waals surface area contributed by atoms with Crippen molar-refractivity contribution in [2.75, 3.05) is 32.5 Å². The fourth-order valence-corrected chi connectivity index (χ4v) is 2.30. The highest BCUT2D eigenvalue weighted by atomic mass is 15.1. The van der Waals surface area contributed by atoms with Crippen LogP contribution >= 0.6 is 0 Å². The molecular formula is C13H22N4. The number of hydrogen-bond donors (Lipinski definition) is 1. The Morgan fingerprint density at radius 3 is 2.82 bits per heavy atom. The van der Waals surface area contributed by atoms with Gasteiger partial charge in [-0.2, -0.15) is 0 Å². The molecule has 0 saturated carbocycles. The van der Waals surface area contributed by atoms with E-state index in [0.29, 0.717) is 0 Å². The van der Waals surface area contributed by atoms with Crippen LogP contribution in [0.5, 0.6) is 0 Å². The van der Waals surface area contributed by atoms with Gasteiger partial charge in [0.2, 0.25) is 0 Å². The van der Waals surface area contributed by atoms with E-state index >= 15 is 0 Å². The van der Waals surface area contributed by atoms with Crippen molar-refractivity contribution in [2.45, 2.75) is 32.6 Å². The maximum Gasteiger partial charge on any atom is 0.133 e. The topological polar surface area (TPSA) is 41.1 Å². The second-order valence-electron chi connectivity index (χ2n) is 4.98. The molecule has 0 radical (unpaired) electrons. The van der Waals surface area contributed by atoms with Crippen LogP contribution in [0.3, 0.4) is 0 Å². The average molecular weight is 234 g/mol. The smallest absolute Gasteiger partial charge is 0.133 e.